The molecule has 0 aromatic heterocycles. The van der Waals surface area contributed by atoms with Gasteiger partial charge >= 0.3 is 0 Å². The molecule has 4 unspecified atom stereocenters. The van der Waals surface area contributed by atoms with Gasteiger partial charge in [-0.2, -0.15) is 0 Å². The number of ether oxygens (including phenoxy) is 16. The van der Waals surface area contributed by atoms with Crippen molar-refractivity contribution in [2.45, 2.75) is 37.0 Å². The molecule has 8 rings (SSSR count). The predicted octanol–water partition coefficient (Wildman–Crippen LogP) is 10.4. The van der Waals surface area contributed by atoms with Gasteiger partial charge in [-0.15, -0.1) is 0 Å². The van der Waals surface area contributed by atoms with Gasteiger partial charge in [0.2, 0.25) is 0 Å². The van der Waals surface area contributed by atoms with E-state index in [0.29, 0.717) is 141 Å². The summed E-state index contributed by atoms with van der Waals surface area (Å²) in [7, 11) is 0. The number of carbonyl (C=O) groups excluding carboxylic acids is 8. The van der Waals surface area contributed by atoms with E-state index in [9.17, 15) is 38.4 Å². The SMILES string of the molecule is O=Cc1ccc(OCCOC(OCCOc2ccc(C=O)cc2)C(OCCOc2ccc(C=O)cc2)C(OCCOc2ccc(C=O)cc2)C(OCCOc2ccc(C=O)cc2)C(OCCOc2ccc(C=O)cc2)C(OCCOc2ccc(C=O)cc2)OCCOc2ccc(C=O)cc2)cc1. The minimum absolute atomic E-state index is 0.0696. The summed E-state index contributed by atoms with van der Waals surface area (Å²) in [5.74, 6) is 3.32. The molecule has 8 aromatic rings. The van der Waals surface area contributed by atoms with Gasteiger partial charge < -0.3 is 75.8 Å². The topological polar surface area (TPSA) is 284 Å². The highest BCUT2D eigenvalue weighted by Gasteiger charge is 2.46. The molecular weight excluding hydrogens is 1320 g/mol. The van der Waals surface area contributed by atoms with Gasteiger partial charge in [-0.05, 0) is 194 Å². The minimum atomic E-state index is -1.46. The standard InChI is InChI=1S/C78H78O24/c79-49-57-1-17-65(18-2-57)87-33-41-95-73(75(97-43-35-89-67-21-5-59(51-81)6-22-67)77(99-45-37-91-69-25-9-61(53-83)10-26-69)100-46-38-92-70-27-11-62(54-84)12-28-70)74(96-42-34-88-66-19-3-58(50-80)4-20-66)76(98-44-36-90-68-23-7-60(52-82)8-24-68)78(101-47-39-93-71-29-13-63(55-85)14-30-71)102-48-40-94-72-31-15-64(56-86)16-32-72/h1-32,49-56,73-78H,33-48H2. The van der Waals surface area contributed by atoms with Crippen LogP contribution >= 0.6 is 0 Å². The van der Waals surface area contributed by atoms with Gasteiger partial charge in [-0.1, -0.05) is 0 Å². The van der Waals surface area contributed by atoms with Crippen LogP contribution in [0.4, 0.5) is 0 Å². The van der Waals surface area contributed by atoms with Gasteiger partial charge in [0, 0.05) is 44.5 Å². The molecule has 0 radical (unpaired) electrons. The van der Waals surface area contributed by atoms with E-state index in [1.165, 1.54) is 0 Å². The lowest BCUT2D eigenvalue weighted by Gasteiger charge is -2.41. The molecule has 534 valence electrons. The number of benzene rings is 8. The smallest absolute Gasteiger partial charge is 0.186 e. The van der Waals surface area contributed by atoms with Gasteiger partial charge in [0.15, 0.2) is 12.6 Å². The maximum Gasteiger partial charge on any atom is 0.186 e. The van der Waals surface area contributed by atoms with Crippen molar-refractivity contribution in [3.63, 3.8) is 0 Å². The average molecular weight is 1400 g/mol. The molecule has 0 bridgehead atoms. The Morgan fingerprint density at radius 3 is 0.431 bits per heavy atom. The Morgan fingerprint density at radius 2 is 0.294 bits per heavy atom. The molecule has 0 saturated heterocycles. The van der Waals surface area contributed by atoms with Crippen LogP contribution in [0.1, 0.15) is 82.9 Å². The molecule has 0 heterocycles. The highest BCUT2D eigenvalue weighted by molar-refractivity contribution is 5.78. The normalized spacial score (nSPS) is 12.2. The van der Waals surface area contributed by atoms with Gasteiger partial charge in [-0.3, -0.25) is 38.4 Å². The molecule has 102 heavy (non-hydrogen) atoms. The van der Waals surface area contributed by atoms with Crippen molar-refractivity contribution in [2.24, 2.45) is 0 Å². The summed E-state index contributed by atoms with van der Waals surface area (Å²) in [6.07, 6.45) is -2.98. The van der Waals surface area contributed by atoms with Crippen LogP contribution in [0, 0.1) is 0 Å². The molecule has 0 aliphatic carbocycles. The highest BCUT2D eigenvalue weighted by Crippen LogP contribution is 2.28. The maximum atomic E-state index is 11.7. The minimum Gasteiger partial charge on any atom is -0.491 e. The van der Waals surface area contributed by atoms with Crippen LogP contribution in [0.5, 0.6) is 46.0 Å². The third kappa shape index (κ3) is 26.7. The average Bonchev–Trinajstić information content (AvgIpc) is 0.813. The fourth-order valence-corrected chi connectivity index (χ4v) is 9.70. The zero-order chi connectivity index (χ0) is 71.6. The van der Waals surface area contributed by atoms with E-state index in [0.717, 1.165) is 0 Å². The van der Waals surface area contributed by atoms with Gasteiger partial charge in [0.1, 0.15) is 174 Å². The Balaban J connectivity index is 1.24. The second kappa shape index (κ2) is 44.4. The molecule has 0 aliphatic rings. The van der Waals surface area contributed by atoms with Crippen LogP contribution in [-0.2, 0) is 37.9 Å². The van der Waals surface area contributed by atoms with E-state index in [4.69, 9.17) is 75.8 Å². The van der Waals surface area contributed by atoms with Crippen LogP contribution in [0.15, 0.2) is 194 Å². The Morgan fingerprint density at radius 1 is 0.167 bits per heavy atom. The van der Waals surface area contributed by atoms with Crippen LogP contribution in [0.3, 0.4) is 0 Å². The largest absolute Gasteiger partial charge is 0.491 e. The molecule has 0 spiro atoms. The van der Waals surface area contributed by atoms with Gasteiger partial charge in [0.05, 0.1) is 52.9 Å². The first kappa shape index (κ1) is 76.9. The van der Waals surface area contributed by atoms with E-state index in [2.05, 4.69) is 0 Å². The molecule has 0 amide bonds. The molecule has 4 atom stereocenters. The van der Waals surface area contributed by atoms with Crippen molar-refractivity contribution in [1.82, 2.24) is 0 Å². The molecule has 0 N–H and O–H groups in total. The predicted molar refractivity (Wildman–Crippen MR) is 369 cm³/mol. The number of aldehydes is 8. The van der Waals surface area contributed by atoms with Crippen molar-refractivity contribution < 1.29 is 114 Å². The number of rotatable bonds is 53. The lowest BCUT2D eigenvalue weighted by atomic mass is 10.00. The Bertz CT molecular complexity index is 3380. The molecule has 24 heteroatoms. The van der Waals surface area contributed by atoms with Gasteiger partial charge in [-0.25, -0.2) is 0 Å². The molecule has 0 saturated carbocycles. The lowest BCUT2D eigenvalue weighted by Crippen LogP contribution is -2.59. The molecule has 8 aromatic carbocycles. The Kier molecular flexibility index (Phi) is 33.5. The first-order valence-electron chi connectivity index (χ1n) is 32.6. The van der Waals surface area contributed by atoms with Crippen LogP contribution in [-0.4, -0.2) is 193 Å². The Hall–Kier alpha value is -10.8. The van der Waals surface area contributed by atoms with Crippen LogP contribution < -0.4 is 37.9 Å². The summed E-state index contributed by atoms with van der Waals surface area (Å²) in [6.45, 7) is -2.26. The van der Waals surface area contributed by atoms with Crippen molar-refractivity contribution >= 4 is 50.3 Å². The van der Waals surface area contributed by atoms with Gasteiger partial charge in [0.25, 0.3) is 0 Å². The van der Waals surface area contributed by atoms with E-state index >= 15 is 0 Å². The molecule has 0 aliphatic heterocycles. The van der Waals surface area contributed by atoms with E-state index in [-0.39, 0.29) is 106 Å². The summed E-state index contributed by atoms with van der Waals surface area (Å²) < 4.78 is 105. The third-order valence-electron chi connectivity index (χ3n) is 14.8. The first-order chi connectivity index (χ1) is 50.2. The second-order valence-corrected chi connectivity index (χ2v) is 21.8. The van der Waals surface area contributed by atoms with Crippen molar-refractivity contribution in [2.75, 3.05) is 106 Å². The third-order valence-corrected chi connectivity index (χ3v) is 14.8. The van der Waals surface area contributed by atoms with Crippen molar-refractivity contribution in [3.05, 3.63) is 239 Å². The number of hydrogen-bond acceptors (Lipinski definition) is 24. The number of hydrogen-bond donors (Lipinski definition) is 0. The fraction of sp³-hybridized carbons (Fsp3) is 0.282. The molecular formula is C78H78O24. The zero-order valence-corrected chi connectivity index (χ0v) is 55.7. The summed E-state index contributed by atoms with van der Waals surface area (Å²) in [5.41, 5.74) is 3.42. The molecule has 0 fully saturated rings. The van der Waals surface area contributed by atoms with Crippen LogP contribution in [0.25, 0.3) is 0 Å². The monoisotopic (exact) mass is 1400 g/mol. The Labute approximate surface area is 589 Å². The summed E-state index contributed by atoms with van der Waals surface area (Å²) in [4.78, 5) is 92.9. The first-order valence-corrected chi connectivity index (χ1v) is 32.6. The van der Waals surface area contributed by atoms with E-state index < -0.39 is 37.0 Å². The molecule has 24 nitrogen and oxygen atoms in total. The quantitative estimate of drug-likeness (QED) is 0.0194. The van der Waals surface area contributed by atoms with Crippen LogP contribution in [0.2, 0.25) is 0 Å². The maximum absolute atomic E-state index is 11.7. The summed E-state index contributed by atoms with van der Waals surface area (Å²) >= 11 is 0. The van der Waals surface area contributed by atoms with E-state index in [1.807, 2.05) is 0 Å². The lowest BCUT2D eigenvalue weighted by molar-refractivity contribution is -0.286. The second-order valence-electron chi connectivity index (χ2n) is 21.8. The van der Waals surface area contributed by atoms with E-state index in [1.54, 1.807) is 194 Å². The number of carbonyl (C=O) groups is 8. The summed E-state index contributed by atoms with van der Waals surface area (Å²) in [5, 5.41) is 0. The summed E-state index contributed by atoms with van der Waals surface area (Å²) in [6, 6.07) is 51.7. The highest BCUT2D eigenvalue weighted by atomic mass is 16.7. The zero-order valence-electron chi connectivity index (χ0n) is 55.7. The van der Waals surface area contributed by atoms with Crippen molar-refractivity contribution in [1.29, 1.82) is 0 Å². The van der Waals surface area contributed by atoms with Crippen molar-refractivity contribution in [3.8, 4) is 46.0 Å². The fourth-order valence-electron chi connectivity index (χ4n) is 9.70.